The smallest absolute Gasteiger partial charge is 0.141 e. The normalized spacial score (nSPS) is 11.9. The van der Waals surface area contributed by atoms with Crippen molar-refractivity contribution in [1.29, 1.82) is 0 Å². The molecular formula is C16H19NOS. The summed E-state index contributed by atoms with van der Waals surface area (Å²) in [5.74, 6) is 0.870. The van der Waals surface area contributed by atoms with Gasteiger partial charge in [-0.2, -0.15) is 0 Å². The minimum Gasteiger partial charge on any atom is -0.495 e. The van der Waals surface area contributed by atoms with Gasteiger partial charge in [-0.15, -0.1) is 11.8 Å². The van der Waals surface area contributed by atoms with E-state index in [0.717, 1.165) is 11.4 Å². The molecule has 2 aromatic carbocycles. The van der Waals surface area contributed by atoms with Gasteiger partial charge in [0.05, 0.1) is 12.8 Å². The first-order chi connectivity index (χ1) is 9.24. The number of ether oxygens (including phenoxy) is 1. The van der Waals surface area contributed by atoms with E-state index in [1.807, 2.05) is 24.3 Å². The number of hydrogen-bond acceptors (Lipinski definition) is 3. The van der Waals surface area contributed by atoms with Crippen LogP contribution >= 0.6 is 11.8 Å². The number of thioether (sulfide) groups is 1. The van der Waals surface area contributed by atoms with Crippen LogP contribution in [-0.2, 0) is 0 Å². The molecule has 3 heteroatoms. The van der Waals surface area contributed by atoms with Crippen molar-refractivity contribution in [3.63, 3.8) is 0 Å². The topological polar surface area (TPSA) is 21.3 Å². The van der Waals surface area contributed by atoms with Crippen LogP contribution in [0.15, 0.2) is 53.4 Å². The zero-order valence-corrected chi connectivity index (χ0v) is 12.3. The zero-order chi connectivity index (χ0) is 13.7. The van der Waals surface area contributed by atoms with Gasteiger partial charge in [-0.3, -0.25) is 0 Å². The van der Waals surface area contributed by atoms with Gasteiger partial charge in [-0.25, -0.2) is 0 Å². The maximum absolute atomic E-state index is 5.35. The van der Waals surface area contributed by atoms with Gasteiger partial charge in [0, 0.05) is 10.9 Å². The Morgan fingerprint density at radius 1 is 1.05 bits per heavy atom. The molecule has 0 fully saturated rings. The zero-order valence-electron chi connectivity index (χ0n) is 11.5. The van der Waals surface area contributed by atoms with Crippen LogP contribution in [0.4, 0.5) is 5.69 Å². The second-order valence-corrected chi connectivity index (χ2v) is 5.22. The standard InChI is InChI=1S/C16H19NOS/c1-12(13-8-10-14(19-3)11-9-13)17-15-6-4-5-7-16(15)18-2/h4-12,17H,1-3H3. The summed E-state index contributed by atoms with van der Waals surface area (Å²) in [7, 11) is 1.69. The van der Waals surface area contributed by atoms with Crippen LogP contribution < -0.4 is 10.1 Å². The molecule has 0 aliphatic rings. The minimum atomic E-state index is 0.243. The predicted octanol–water partition coefficient (Wildman–Crippen LogP) is 4.59. The lowest BCUT2D eigenvalue weighted by atomic mass is 10.1. The van der Waals surface area contributed by atoms with E-state index in [-0.39, 0.29) is 6.04 Å². The summed E-state index contributed by atoms with van der Waals surface area (Å²) in [6, 6.07) is 16.9. The lowest BCUT2D eigenvalue weighted by molar-refractivity contribution is 0.416. The molecule has 0 heterocycles. The Bertz CT molecular complexity index is 525. The number of nitrogens with one attached hydrogen (secondary N) is 1. The highest BCUT2D eigenvalue weighted by Crippen LogP contribution is 2.28. The number of para-hydroxylation sites is 2. The van der Waals surface area contributed by atoms with Gasteiger partial charge in [-0.1, -0.05) is 24.3 Å². The number of benzene rings is 2. The van der Waals surface area contributed by atoms with Crippen LogP contribution in [0.25, 0.3) is 0 Å². The van der Waals surface area contributed by atoms with Crippen LogP contribution in [0.1, 0.15) is 18.5 Å². The van der Waals surface area contributed by atoms with Crippen LogP contribution in [0, 0.1) is 0 Å². The molecule has 1 N–H and O–H groups in total. The maximum atomic E-state index is 5.35. The SMILES string of the molecule is COc1ccccc1NC(C)c1ccc(SC)cc1. The van der Waals surface area contributed by atoms with Crippen molar-refractivity contribution in [1.82, 2.24) is 0 Å². The van der Waals surface area contributed by atoms with Crippen molar-refractivity contribution in [2.24, 2.45) is 0 Å². The maximum Gasteiger partial charge on any atom is 0.141 e. The van der Waals surface area contributed by atoms with Gasteiger partial charge in [0.1, 0.15) is 5.75 Å². The molecule has 0 radical (unpaired) electrons. The molecular weight excluding hydrogens is 254 g/mol. The highest BCUT2D eigenvalue weighted by Gasteiger charge is 2.08. The molecule has 0 aliphatic carbocycles. The first kappa shape index (κ1) is 13.8. The van der Waals surface area contributed by atoms with Crippen molar-refractivity contribution in [3.05, 3.63) is 54.1 Å². The van der Waals surface area contributed by atoms with E-state index in [0.29, 0.717) is 0 Å². The quantitative estimate of drug-likeness (QED) is 0.805. The third-order valence-corrected chi connectivity index (χ3v) is 3.84. The first-order valence-corrected chi connectivity index (χ1v) is 7.50. The molecule has 0 saturated carbocycles. The molecule has 2 nitrogen and oxygen atoms in total. The number of methoxy groups -OCH3 is 1. The van der Waals surface area contributed by atoms with E-state index in [1.165, 1.54) is 10.5 Å². The molecule has 19 heavy (non-hydrogen) atoms. The highest BCUT2D eigenvalue weighted by atomic mass is 32.2. The summed E-state index contributed by atoms with van der Waals surface area (Å²) in [6.07, 6.45) is 2.09. The van der Waals surface area contributed by atoms with E-state index < -0.39 is 0 Å². The fourth-order valence-electron chi connectivity index (χ4n) is 1.97. The predicted molar refractivity (Wildman–Crippen MR) is 83.3 cm³/mol. The summed E-state index contributed by atoms with van der Waals surface area (Å²) in [4.78, 5) is 1.29. The second-order valence-electron chi connectivity index (χ2n) is 4.34. The average Bonchev–Trinajstić information content (AvgIpc) is 2.48. The van der Waals surface area contributed by atoms with Gasteiger partial charge < -0.3 is 10.1 Å². The average molecular weight is 273 g/mol. The first-order valence-electron chi connectivity index (χ1n) is 6.28. The number of rotatable bonds is 5. The monoisotopic (exact) mass is 273 g/mol. The Hall–Kier alpha value is -1.61. The summed E-state index contributed by atoms with van der Waals surface area (Å²) in [5, 5.41) is 3.48. The van der Waals surface area contributed by atoms with Crippen molar-refractivity contribution in [2.75, 3.05) is 18.7 Å². The molecule has 0 aromatic heterocycles. The Labute approximate surface area is 119 Å². The second kappa shape index (κ2) is 6.53. The van der Waals surface area contributed by atoms with Crippen molar-refractivity contribution < 1.29 is 4.74 Å². The van der Waals surface area contributed by atoms with Gasteiger partial charge in [-0.05, 0) is 43.0 Å². The third kappa shape index (κ3) is 3.44. The Morgan fingerprint density at radius 2 is 1.74 bits per heavy atom. The molecule has 0 amide bonds. The molecule has 0 spiro atoms. The van der Waals surface area contributed by atoms with Crippen LogP contribution in [-0.4, -0.2) is 13.4 Å². The summed E-state index contributed by atoms with van der Waals surface area (Å²) in [5.41, 5.74) is 2.29. The third-order valence-electron chi connectivity index (χ3n) is 3.09. The van der Waals surface area contributed by atoms with Gasteiger partial charge in [0.2, 0.25) is 0 Å². The van der Waals surface area contributed by atoms with E-state index in [1.54, 1.807) is 18.9 Å². The fraction of sp³-hybridized carbons (Fsp3) is 0.250. The van der Waals surface area contributed by atoms with Gasteiger partial charge >= 0.3 is 0 Å². The Kier molecular flexibility index (Phi) is 4.74. The van der Waals surface area contributed by atoms with E-state index in [2.05, 4.69) is 42.8 Å². The molecule has 2 rings (SSSR count). The van der Waals surface area contributed by atoms with Crippen molar-refractivity contribution >= 4 is 17.4 Å². The molecule has 2 aromatic rings. The molecule has 1 unspecified atom stereocenters. The Balaban J connectivity index is 2.13. The van der Waals surface area contributed by atoms with Crippen molar-refractivity contribution in [2.45, 2.75) is 17.9 Å². The largest absolute Gasteiger partial charge is 0.495 e. The molecule has 0 bridgehead atoms. The lowest BCUT2D eigenvalue weighted by Crippen LogP contribution is -2.07. The van der Waals surface area contributed by atoms with Gasteiger partial charge in [0.15, 0.2) is 0 Å². The number of anilines is 1. The fourth-order valence-corrected chi connectivity index (χ4v) is 2.38. The van der Waals surface area contributed by atoms with E-state index >= 15 is 0 Å². The van der Waals surface area contributed by atoms with Crippen molar-refractivity contribution in [3.8, 4) is 5.75 Å². The van der Waals surface area contributed by atoms with Crippen LogP contribution in [0.2, 0.25) is 0 Å². The summed E-state index contributed by atoms with van der Waals surface area (Å²) < 4.78 is 5.35. The molecule has 100 valence electrons. The number of hydrogen-bond donors (Lipinski definition) is 1. The van der Waals surface area contributed by atoms with Crippen LogP contribution in [0.5, 0.6) is 5.75 Å². The molecule has 0 saturated heterocycles. The molecule has 1 atom stereocenters. The van der Waals surface area contributed by atoms with Gasteiger partial charge in [0.25, 0.3) is 0 Å². The van der Waals surface area contributed by atoms with E-state index in [9.17, 15) is 0 Å². The Morgan fingerprint density at radius 3 is 2.37 bits per heavy atom. The summed E-state index contributed by atoms with van der Waals surface area (Å²) >= 11 is 1.76. The van der Waals surface area contributed by atoms with E-state index in [4.69, 9.17) is 4.74 Å². The minimum absolute atomic E-state index is 0.243. The molecule has 0 aliphatic heterocycles. The highest BCUT2D eigenvalue weighted by molar-refractivity contribution is 7.98. The lowest BCUT2D eigenvalue weighted by Gasteiger charge is -2.18. The summed E-state index contributed by atoms with van der Waals surface area (Å²) in [6.45, 7) is 2.15. The van der Waals surface area contributed by atoms with Crippen LogP contribution in [0.3, 0.4) is 0 Å².